The topological polar surface area (TPSA) is 54.0 Å². The first-order valence-corrected chi connectivity index (χ1v) is 7.52. The number of nitrogens with one attached hydrogen (secondary N) is 1. The van der Waals surface area contributed by atoms with Crippen LogP contribution in [-0.4, -0.2) is 69.9 Å². The maximum absolute atomic E-state index is 12.2. The van der Waals surface area contributed by atoms with Gasteiger partial charge in [0.2, 0.25) is 0 Å². The van der Waals surface area contributed by atoms with Crippen molar-refractivity contribution in [3.8, 4) is 5.75 Å². The molecule has 0 aliphatic carbocycles. The van der Waals surface area contributed by atoms with Gasteiger partial charge in [-0.05, 0) is 31.8 Å². The molecule has 1 unspecified atom stereocenters. The van der Waals surface area contributed by atoms with Gasteiger partial charge in [-0.25, -0.2) is 4.79 Å². The summed E-state index contributed by atoms with van der Waals surface area (Å²) >= 11 is 0. The van der Waals surface area contributed by atoms with E-state index in [2.05, 4.69) is 10.2 Å². The highest BCUT2D eigenvalue weighted by Gasteiger charge is 2.19. The number of likely N-dealkylation sites (N-methyl/N-ethyl adjacent to an activating group) is 1. The van der Waals surface area contributed by atoms with E-state index < -0.39 is 0 Å². The van der Waals surface area contributed by atoms with Gasteiger partial charge in [0, 0.05) is 19.6 Å². The van der Waals surface area contributed by atoms with Crippen LogP contribution in [0.3, 0.4) is 0 Å². The predicted octanol–water partition coefficient (Wildman–Crippen LogP) is 1.34. The molecular formula is C16H25N3O3. The SMILES string of the molecule is COc1ccc(C(CNC(=O)N2CCOCC2)N(C)C)cc1. The summed E-state index contributed by atoms with van der Waals surface area (Å²) in [5.74, 6) is 0.832. The van der Waals surface area contributed by atoms with Gasteiger partial charge in [0.1, 0.15) is 5.75 Å². The van der Waals surface area contributed by atoms with Gasteiger partial charge in [-0.1, -0.05) is 12.1 Å². The fourth-order valence-electron chi connectivity index (χ4n) is 2.49. The zero-order valence-corrected chi connectivity index (χ0v) is 13.5. The summed E-state index contributed by atoms with van der Waals surface area (Å²) in [5, 5.41) is 3.02. The minimum Gasteiger partial charge on any atom is -0.497 e. The van der Waals surface area contributed by atoms with E-state index in [0.717, 1.165) is 11.3 Å². The lowest BCUT2D eigenvalue weighted by atomic mass is 10.1. The first-order valence-electron chi connectivity index (χ1n) is 7.52. The smallest absolute Gasteiger partial charge is 0.317 e. The zero-order valence-electron chi connectivity index (χ0n) is 13.5. The van der Waals surface area contributed by atoms with Crippen molar-refractivity contribution in [1.82, 2.24) is 15.1 Å². The van der Waals surface area contributed by atoms with E-state index in [0.29, 0.717) is 32.8 Å². The Kier molecular flexibility index (Phi) is 6.03. The number of morpholine rings is 1. The summed E-state index contributed by atoms with van der Waals surface area (Å²) in [6.07, 6.45) is 0. The molecular weight excluding hydrogens is 282 g/mol. The number of nitrogens with zero attached hydrogens (tertiary/aromatic N) is 2. The average molecular weight is 307 g/mol. The van der Waals surface area contributed by atoms with E-state index in [9.17, 15) is 4.79 Å². The van der Waals surface area contributed by atoms with Crippen molar-refractivity contribution in [2.24, 2.45) is 0 Å². The summed E-state index contributed by atoms with van der Waals surface area (Å²) < 4.78 is 10.4. The van der Waals surface area contributed by atoms with E-state index in [1.807, 2.05) is 38.4 Å². The van der Waals surface area contributed by atoms with Crippen LogP contribution in [-0.2, 0) is 4.74 Å². The standard InChI is InChI=1S/C16H25N3O3/c1-18(2)15(13-4-6-14(21-3)7-5-13)12-17-16(20)19-8-10-22-11-9-19/h4-7,15H,8-12H2,1-3H3,(H,17,20). The minimum absolute atomic E-state index is 0.0244. The molecule has 1 aromatic rings. The van der Waals surface area contributed by atoms with Crippen molar-refractivity contribution in [3.63, 3.8) is 0 Å². The maximum atomic E-state index is 12.2. The fraction of sp³-hybridized carbons (Fsp3) is 0.562. The Balaban J connectivity index is 1.94. The third-order valence-corrected chi connectivity index (χ3v) is 3.87. The number of carbonyl (C=O) groups is 1. The fourth-order valence-corrected chi connectivity index (χ4v) is 2.49. The van der Waals surface area contributed by atoms with E-state index in [-0.39, 0.29) is 12.1 Å². The molecule has 1 N–H and O–H groups in total. The monoisotopic (exact) mass is 307 g/mol. The molecule has 2 amide bonds. The Morgan fingerprint density at radius 2 is 1.95 bits per heavy atom. The van der Waals surface area contributed by atoms with Crippen LogP contribution in [0.5, 0.6) is 5.75 Å². The van der Waals surface area contributed by atoms with Gasteiger partial charge in [0.25, 0.3) is 0 Å². The first kappa shape index (κ1) is 16.6. The Bertz CT molecular complexity index is 470. The Labute approximate surface area is 132 Å². The normalized spacial score (nSPS) is 16.5. The molecule has 6 nitrogen and oxygen atoms in total. The molecule has 0 radical (unpaired) electrons. The highest BCUT2D eigenvalue weighted by atomic mass is 16.5. The van der Waals surface area contributed by atoms with Crippen LogP contribution in [0, 0.1) is 0 Å². The number of methoxy groups -OCH3 is 1. The number of hydrogen-bond donors (Lipinski definition) is 1. The van der Waals surface area contributed by atoms with Crippen molar-refractivity contribution >= 4 is 6.03 Å². The van der Waals surface area contributed by atoms with Crippen molar-refractivity contribution in [2.45, 2.75) is 6.04 Å². The molecule has 1 aromatic carbocycles. The molecule has 1 saturated heterocycles. The van der Waals surface area contributed by atoms with Gasteiger partial charge in [0.05, 0.1) is 26.4 Å². The van der Waals surface area contributed by atoms with E-state index in [4.69, 9.17) is 9.47 Å². The van der Waals surface area contributed by atoms with Gasteiger partial charge in [-0.2, -0.15) is 0 Å². The quantitative estimate of drug-likeness (QED) is 0.892. The molecule has 1 aliphatic rings. The Morgan fingerprint density at radius 1 is 1.32 bits per heavy atom. The van der Waals surface area contributed by atoms with Crippen LogP contribution >= 0.6 is 0 Å². The molecule has 2 rings (SSSR count). The number of rotatable bonds is 5. The van der Waals surface area contributed by atoms with E-state index in [1.54, 1.807) is 12.0 Å². The molecule has 1 aliphatic heterocycles. The summed E-state index contributed by atoms with van der Waals surface area (Å²) in [5.41, 5.74) is 1.15. The van der Waals surface area contributed by atoms with Crippen molar-refractivity contribution in [3.05, 3.63) is 29.8 Å². The summed E-state index contributed by atoms with van der Waals surface area (Å²) in [6, 6.07) is 8.04. The lowest BCUT2D eigenvalue weighted by Crippen LogP contribution is -2.47. The zero-order chi connectivity index (χ0) is 15.9. The van der Waals surface area contributed by atoms with Gasteiger partial charge in [0.15, 0.2) is 0 Å². The average Bonchev–Trinajstić information content (AvgIpc) is 2.56. The molecule has 0 bridgehead atoms. The van der Waals surface area contributed by atoms with Crippen LogP contribution in [0.25, 0.3) is 0 Å². The van der Waals surface area contributed by atoms with Gasteiger partial charge in [-0.15, -0.1) is 0 Å². The predicted molar refractivity (Wildman–Crippen MR) is 85.2 cm³/mol. The molecule has 0 spiro atoms. The molecule has 0 aromatic heterocycles. The second kappa shape index (κ2) is 8.00. The third kappa shape index (κ3) is 4.35. The second-order valence-electron chi connectivity index (χ2n) is 5.54. The number of carbonyl (C=O) groups excluding carboxylic acids is 1. The van der Waals surface area contributed by atoms with Crippen LogP contribution in [0.15, 0.2) is 24.3 Å². The summed E-state index contributed by atoms with van der Waals surface area (Å²) in [7, 11) is 5.67. The molecule has 1 fully saturated rings. The van der Waals surface area contributed by atoms with Crippen molar-refractivity contribution in [2.75, 3.05) is 54.1 Å². The largest absolute Gasteiger partial charge is 0.497 e. The molecule has 122 valence electrons. The Morgan fingerprint density at radius 3 is 2.50 bits per heavy atom. The molecule has 6 heteroatoms. The molecule has 0 saturated carbocycles. The van der Waals surface area contributed by atoms with E-state index >= 15 is 0 Å². The number of benzene rings is 1. The summed E-state index contributed by atoms with van der Waals surface area (Å²) in [6.45, 7) is 3.10. The third-order valence-electron chi connectivity index (χ3n) is 3.87. The van der Waals surface area contributed by atoms with Crippen LogP contribution in [0.1, 0.15) is 11.6 Å². The number of urea groups is 1. The first-order chi connectivity index (χ1) is 10.6. The van der Waals surface area contributed by atoms with Crippen LogP contribution < -0.4 is 10.1 Å². The van der Waals surface area contributed by atoms with Crippen molar-refractivity contribution < 1.29 is 14.3 Å². The summed E-state index contributed by atoms with van der Waals surface area (Å²) in [4.78, 5) is 16.1. The molecule has 1 heterocycles. The van der Waals surface area contributed by atoms with Crippen molar-refractivity contribution in [1.29, 1.82) is 0 Å². The maximum Gasteiger partial charge on any atom is 0.317 e. The lowest BCUT2D eigenvalue weighted by molar-refractivity contribution is 0.0528. The minimum atomic E-state index is -0.0244. The highest BCUT2D eigenvalue weighted by molar-refractivity contribution is 5.74. The molecule has 1 atom stereocenters. The van der Waals surface area contributed by atoms with Crippen LogP contribution in [0.4, 0.5) is 4.79 Å². The van der Waals surface area contributed by atoms with Gasteiger partial charge >= 0.3 is 6.03 Å². The lowest BCUT2D eigenvalue weighted by Gasteiger charge is -2.29. The molecule has 22 heavy (non-hydrogen) atoms. The number of amides is 2. The van der Waals surface area contributed by atoms with Gasteiger partial charge < -0.3 is 24.6 Å². The van der Waals surface area contributed by atoms with Crippen LogP contribution in [0.2, 0.25) is 0 Å². The highest BCUT2D eigenvalue weighted by Crippen LogP contribution is 2.20. The van der Waals surface area contributed by atoms with Gasteiger partial charge in [-0.3, -0.25) is 0 Å². The van der Waals surface area contributed by atoms with E-state index in [1.165, 1.54) is 0 Å². The number of hydrogen-bond acceptors (Lipinski definition) is 4. The second-order valence-corrected chi connectivity index (χ2v) is 5.54. The number of ether oxygens (including phenoxy) is 2. The Hall–Kier alpha value is -1.79.